The Morgan fingerprint density at radius 3 is 2.89 bits per heavy atom. The number of hydrogen-bond acceptors (Lipinski definition) is 7. The van der Waals surface area contributed by atoms with Crippen LogP contribution in [0.25, 0.3) is 11.3 Å². The minimum Gasteiger partial charge on any atom is -0.482 e. The zero-order valence-corrected chi connectivity index (χ0v) is 15.5. The fourth-order valence-electron chi connectivity index (χ4n) is 2.41. The maximum absolute atomic E-state index is 12.1. The van der Waals surface area contributed by atoms with E-state index in [-0.39, 0.29) is 12.3 Å². The van der Waals surface area contributed by atoms with Crippen molar-refractivity contribution in [3.05, 3.63) is 69.1 Å². The third-order valence-corrected chi connectivity index (χ3v) is 4.58. The first-order valence-corrected chi connectivity index (χ1v) is 8.98. The van der Waals surface area contributed by atoms with E-state index in [1.165, 1.54) is 17.4 Å². The fourth-order valence-corrected chi connectivity index (χ4v) is 3.15. The number of hydrogen-bond donors (Lipinski definition) is 1. The second-order valence-corrected chi connectivity index (χ2v) is 6.60. The van der Waals surface area contributed by atoms with Crippen LogP contribution in [0.4, 0.5) is 10.8 Å². The van der Waals surface area contributed by atoms with E-state index in [0.29, 0.717) is 33.3 Å². The van der Waals surface area contributed by atoms with Gasteiger partial charge in [-0.05, 0) is 19.1 Å². The van der Waals surface area contributed by atoms with E-state index in [1.807, 2.05) is 6.07 Å². The lowest BCUT2D eigenvalue weighted by Crippen LogP contribution is -2.20. The number of nitro benzene ring substituents is 1. The van der Waals surface area contributed by atoms with Gasteiger partial charge in [0, 0.05) is 22.6 Å². The molecule has 1 aromatic heterocycles. The molecule has 140 valence electrons. The highest BCUT2D eigenvalue weighted by Crippen LogP contribution is 2.29. The Kier molecular flexibility index (Phi) is 5.62. The van der Waals surface area contributed by atoms with Crippen LogP contribution in [0.2, 0.25) is 0 Å². The molecule has 1 heterocycles. The number of nitrogens with zero attached hydrogens (tertiary/aromatic N) is 3. The van der Waals surface area contributed by atoms with Crippen molar-refractivity contribution >= 4 is 28.1 Å². The molecule has 8 nitrogen and oxygen atoms in total. The van der Waals surface area contributed by atoms with E-state index in [2.05, 4.69) is 10.3 Å². The van der Waals surface area contributed by atoms with Crippen LogP contribution in [-0.4, -0.2) is 22.4 Å². The van der Waals surface area contributed by atoms with Gasteiger partial charge in [-0.1, -0.05) is 24.3 Å². The second kappa shape index (κ2) is 8.28. The standard InChI is InChI=1S/C19H14N4O4S/c1-12-6-7-13(8-16(12)23(25)26)15-11-28-19(21-15)22-18(24)10-27-17-5-3-2-4-14(17)9-20/h2-8,11H,10H2,1H3,(H,21,22,24). The predicted molar refractivity (Wildman–Crippen MR) is 104 cm³/mol. The number of nitriles is 1. The minimum absolute atomic E-state index is 0.0145. The van der Waals surface area contributed by atoms with E-state index in [9.17, 15) is 14.9 Å². The number of carbonyl (C=O) groups excluding carboxylic acids is 1. The quantitative estimate of drug-likeness (QED) is 0.500. The van der Waals surface area contributed by atoms with Crippen molar-refractivity contribution in [1.29, 1.82) is 5.26 Å². The van der Waals surface area contributed by atoms with Crippen LogP contribution in [0.15, 0.2) is 47.8 Å². The highest BCUT2D eigenvalue weighted by molar-refractivity contribution is 7.14. The summed E-state index contributed by atoms with van der Waals surface area (Å²) in [6.07, 6.45) is 0. The molecule has 0 aliphatic carbocycles. The molecule has 9 heteroatoms. The number of thiazole rings is 1. The third kappa shape index (κ3) is 4.31. The van der Waals surface area contributed by atoms with Gasteiger partial charge in [0.15, 0.2) is 11.7 Å². The predicted octanol–water partition coefficient (Wildman–Crippen LogP) is 3.92. The topological polar surface area (TPSA) is 118 Å². The lowest BCUT2D eigenvalue weighted by Gasteiger charge is -2.06. The zero-order chi connectivity index (χ0) is 20.1. The van der Waals surface area contributed by atoms with Crippen molar-refractivity contribution in [3.8, 4) is 23.1 Å². The SMILES string of the molecule is Cc1ccc(-c2csc(NC(=O)COc3ccccc3C#N)n2)cc1[N+](=O)[O-]. The molecule has 28 heavy (non-hydrogen) atoms. The highest BCUT2D eigenvalue weighted by Gasteiger charge is 2.14. The first kappa shape index (κ1) is 19.0. The van der Waals surface area contributed by atoms with E-state index >= 15 is 0 Å². The molecule has 0 aliphatic rings. The van der Waals surface area contributed by atoms with Crippen molar-refractivity contribution < 1.29 is 14.5 Å². The molecule has 2 aromatic carbocycles. The Morgan fingerprint density at radius 1 is 1.36 bits per heavy atom. The number of aryl methyl sites for hydroxylation is 1. The van der Waals surface area contributed by atoms with Crippen LogP contribution in [0.5, 0.6) is 5.75 Å². The van der Waals surface area contributed by atoms with Crippen molar-refractivity contribution in [2.24, 2.45) is 0 Å². The number of para-hydroxylation sites is 1. The number of amides is 1. The molecule has 1 amide bonds. The van der Waals surface area contributed by atoms with Crippen molar-refractivity contribution in [1.82, 2.24) is 4.98 Å². The van der Waals surface area contributed by atoms with Crippen molar-refractivity contribution in [2.45, 2.75) is 6.92 Å². The normalized spacial score (nSPS) is 10.1. The Hall–Kier alpha value is -3.77. The van der Waals surface area contributed by atoms with Gasteiger partial charge in [-0.3, -0.25) is 20.2 Å². The number of carbonyl (C=O) groups is 1. The number of aromatic nitrogens is 1. The summed E-state index contributed by atoms with van der Waals surface area (Å²) in [5.41, 5.74) is 2.04. The van der Waals surface area contributed by atoms with Crippen molar-refractivity contribution in [3.63, 3.8) is 0 Å². The van der Waals surface area contributed by atoms with Gasteiger partial charge in [0.25, 0.3) is 11.6 Å². The van der Waals surface area contributed by atoms with Crippen molar-refractivity contribution in [2.75, 3.05) is 11.9 Å². The molecule has 0 aliphatic heterocycles. The second-order valence-electron chi connectivity index (χ2n) is 5.74. The fraction of sp³-hybridized carbons (Fsp3) is 0.105. The van der Waals surface area contributed by atoms with Gasteiger partial charge >= 0.3 is 0 Å². The van der Waals surface area contributed by atoms with E-state index in [0.717, 1.165) is 0 Å². The first-order valence-electron chi connectivity index (χ1n) is 8.10. The molecular formula is C19H14N4O4S. The van der Waals surface area contributed by atoms with E-state index in [1.54, 1.807) is 48.7 Å². The summed E-state index contributed by atoms with van der Waals surface area (Å²) in [4.78, 5) is 27.0. The number of ether oxygens (including phenoxy) is 1. The van der Waals surface area contributed by atoms with Gasteiger partial charge in [-0.25, -0.2) is 4.98 Å². The lowest BCUT2D eigenvalue weighted by atomic mass is 10.1. The summed E-state index contributed by atoms with van der Waals surface area (Å²) in [5.74, 6) is -0.101. The molecule has 3 aromatic rings. The molecule has 3 rings (SSSR count). The smallest absolute Gasteiger partial charge is 0.272 e. The van der Waals surface area contributed by atoms with Gasteiger partial charge < -0.3 is 4.74 Å². The summed E-state index contributed by atoms with van der Waals surface area (Å²) in [7, 11) is 0. The summed E-state index contributed by atoms with van der Waals surface area (Å²) >= 11 is 1.20. The van der Waals surface area contributed by atoms with Crippen LogP contribution in [0.3, 0.4) is 0 Å². The average molecular weight is 394 g/mol. The Labute approximate surface area is 164 Å². The van der Waals surface area contributed by atoms with Crippen LogP contribution < -0.4 is 10.1 Å². The first-order chi connectivity index (χ1) is 13.5. The lowest BCUT2D eigenvalue weighted by molar-refractivity contribution is -0.385. The van der Waals surface area contributed by atoms with Gasteiger partial charge in [0.05, 0.1) is 16.2 Å². The van der Waals surface area contributed by atoms with Gasteiger partial charge in [-0.15, -0.1) is 11.3 Å². The van der Waals surface area contributed by atoms with E-state index < -0.39 is 10.8 Å². The van der Waals surface area contributed by atoms with Crippen LogP contribution in [0.1, 0.15) is 11.1 Å². The Balaban J connectivity index is 1.66. The van der Waals surface area contributed by atoms with Gasteiger partial charge in [0.2, 0.25) is 0 Å². The third-order valence-electron chi connectivity index (χ3n) is 3.82. The van der Waals surface area contributed by atoms with Gasteiger partial charge in [-0.2, -0.15) is 5.26 Å². The molecule has 0 saturated carbocycles. The average Bonchev–Trinajstić information content (AvgIpc) is 3.15. The molecule has 0 bridgehead atoms. The molecule has 0 atom stereocenters. The maximum Gasteiger partial charge on any atom is 0.272 e. The monoisotopic (exact) mass is 394 g/mol. The summed E-state index contributed by atoms with van der Waals surface area (Å²) in [6, 6.07) is 13.5. The van der Waals surface area contributed by atoms with Gasteiger partial charge in [0.1, 0.15) is 11.8 Å². The number of nitrogens with one attached hydrogen (secondary N) is 1. The Bertz CT molecular complexity index is 1090. The molecule has 0 fully saturated rings. The molecule has 0 unspecified atom stereocenters. The zero-order valence-electron chi connectivity index (χ0n) is 14.7. The number of anilines is 1. The molecule has 0 radical (unpaired) electrons. The Morgan fingerprint density at radius 2 is 2.14 bits per heavy atom. The molecule has 0 spiro atoms. The molecule has 0 saturated heterocycles. The van der Waals surface area contributed by atoms with Crippen LogP contribution in [0, 0.1) is 28.4 Å². The number of nitro groups is 1. The van der Waals surface area contributed by atoms with E-state index in [4.69, 9.17) is 10.00 Å². The molecule has 1 N–H and O–H groups in total. The van der Waals surface area contributed by atoms with Crippen LogP contribution >= 0.6 is 11.3 Å². The largest absolute Gasteiger partial charge is 0.482 e. The van der Waals surface area contributed by atoms with Crippen LogP contribution in [-0.2, 0) is 4.79 Å². The summed E-state index contributed by atoms with van der Waals surface area (Å²) < 4.78 is 5.38. The minimum atomic E-state index is -0.440. The number of benzene rings is 2. The summed E-state index contributed by atoms with van der Waals surface area (Å²) in [5, 5.41) is 24.8. The maximum atomic E-state index is 12.1. The molecular weight excluding hydrogens is 380 g/mol. The number of rotatable bonds is 6. The summed E-state index contributed by atoms with van der Waals surface area (Å²) in [6.45, 7) is 1.39. The highest BCUT2D eigenvalue weighted by atomic mass is 32.1.